The van der Waals surface area contributed by atoms with Gasteiger partial charge in [-0.2, -0.15) is 5.10 Å². The first kappa shape index (κ1) is 19.4. The molecule has 0 bridgehead atoms. The maximum Gasteiger partial charge on any atom is 0.190 e. The Hall–Kier alpha value is -2.38. The van der Waals surface area contributed by atoms with Crippen LogP contribution in [-0.2, 0) is 21.6 Å². The Labute approximate surface area is 163 Å². The Balaban J connectivity index is 2.02. The van der Waals surface area contributed by atoms with E-state index in [1.165, 1.54) is 12.1 Å². The van der Waals surface area contributed by atoms with Crippen LogP contribution in [0.4, 0.5) is 0 Å². The Morgan fingerprint density at radius 3 is 2.44 bits per heavy atom. The first-order chi connectivity index (χ1) is 12.5. The molecule has 3 rings (SSSR count). The lowest BCUT2D eigenvalue weighted by molar-refractivity contribution is 0.546. The molecule has 1 aromatic carbocycles. The third kappa shape index (κ3) is 3.33. The van der Waals surface area contributed by atoms with Crippen LogP contribution in [0.5, 0.6) is 0 Å². The molecule has 142 valence electrons. The number of imidazole rings is 1. The van der Waals surface area contributed by atoms with Crippen LogP contribution in [0.1, 0.15) is 32.3 Å². The van der Waals surface area contributed by atoms with Crippen LogP contribution < -0.4 is 0 Å². The number of hydrogen-bond donors (Lipinski definition) is 1. The lowest BCUT2D eigenvalue weighted by Crippen LogP contribution is -2.30. The zero-order valence-corrected chi connectivity index (χ0v) is 17.2. The molecule has 0 saturated carbocycles. The Morgan fingerprint density at radius 1 is 1.26 bits per heavy atom. The number of aryl methyl sites for hydroxylation is 1. The number of rotatable bonds is 5. The molecular weight excluding hydrogens is 384 g/mol. The Kier molecular flexibility index (Phi) is 4.78. The minimum Gasteiger partial charge on any atom is -0.339 e. The minimum absolute atomic E-state index is 0.194. The lowest BCUT2D eigenvalue weighted by Gasteiger charge is -2.22. The lowest BCUT2D eigenvalue weighted by atomic mass is 10.2. The van der Waals surface area contributed by atoms with E-state index in [4.69, 9.17) is 11.6 Å². The smallest absolute Gasteiger partial charge is 0.190 e. The molecule has 8 heteroatoms. The maximum atomic E-state index is 13.1. The van der Waals surface area contributed by atoms with Gasteiger partial charge >= 0.3 is 0 Å². The highest BCUT2D eigenvalue weighted by molar-refractivity contribution is 7.92. The van der Waals surface area contributed by atoms with Crippen molar-refractivity contribution in [3.05, 3.63) is 59.6 Å². The maximum absolute atomic E-state index is 13.1. The van der Waals surface area contributed by atoms with Crippen molar-refractivity contribution in [2.24, 2.45) is 7.05 Å². The van der Waals surface area contributed by atoms with E-state index in [9.17, 15) is 8.42 Å². The van der Waals surface area contributed by atoms with Crippen LogP contribution in [0.15, 0.2) is 48.0 Å². The summed E-state index contributed by atoms with van der Waals surface area (Å²) in [4.78, 5) is 7.68. The van der Waals surface area contributed by atoms with E-state index in [-0.39, 0.29) is 4.90 Å². The van der Waals surface area contributed by atoms with E-state index < -0.39 is 14.6 Å². The third-order valence-corrected chi connectivity index (χ3v) is 7.22. The van der Waals surface area contributed by atoms with Crippen LogP contribution in [0, 0.1) is 0 Å². The van der Waals surface area contributed by atoms with Gasteiger partial charge in [0, 0.05) is 12.1 Å². The third-order valence-electron chi connectivity index (χ3n) is 4.53. The predicted octanol–water partition coefficient (Wildman–Crippen LogP) is 4.21. The van der Waals surface area contributed by atoms with Gasteiger partial charge in [0.05, 0.1) is 28.2 Å². The number of sulfone groups is 1. The molecule has 0 aliphatic rings. The first-order valence-electron chi connectivity index (χ1n) is 8.30. The normalized spacial score (nSPS) is 12.3. The number of aromatic amines is 1. The topological polar surface area (TPSA) is 80.6 Å². The molecule has 0 aliphatic carbocycles. The second-order valence-electron chi connectivity index (χ2n) is 6.93. The molecule has 0 spiro atoms. The highest BCUT2D eigenvalue weighted by Gasteiger charge is 2.40. The molecule has 0 amide bonds. The van der Waals surface area contributed by atoms with Crippen molar-refractivity contribution < 1.29 is 8.42 Å². The summed E-state index contributed by atoms with van der Waals surface area (Å²) in [5, 5.41) is 4.88. The molecule has 0 radical (unpaired) electrons. The summed E-state index contributed by atoms with van der Waals surface area (Å²) in [5.41, 5.74) is 3.11. The van der Waals surface area contributed by atoms with Crippen molar-refractivity contribution in [2.45, 2.75) is 30.4 Å². The average molecular weight is 405 g/mol. The van der Waals surface area contributed by atoms with Gasteiger partial charge in [-0.05, 0) is 56.7 Å². The van der Waals surface area contributed by atoms with Crippen molar-refractivity contribution in [2.75, 3.05) is 0 Å². The Bertz CT molecular complexity index is 1110. The van der Waals surface area contributed by atoms with E-state index in [0.29, 0.717) is 16.5 Å². The molecule has 6 nitrogen and oxygen atoms in total. The second-order valence-corrected chi connectivity index (χ2v) is 9.87. The van der Waals surface area contributed by atoms with Gasteiger partial charge in [0.1, 0.15) is 10.6 Å². The summed E-state index contributed by atoms with van der Waals surface area (Å²) in [6, 6.07) is 8.02. The fourth-order valence-electron chi connectivity index (χ4n) is 2.72. The van der Waals surface area contributed by atoms with E-state index >= 15 is 0 Å². The van der Waals surface area contributed by atoms with Gasteiger partial charge in [-0.1, -0.05) is 18.2 Å². The van der Waals surface area contributed by atoms with E-state index in [0.717, 1.165) is 17.0 Å². The number of benzene rings is 1. The Morgan fingerprint density at radius 2 is 1.89 bits per heavy atom. The van der Waals surface area contributed by atoms with Gasteiger partial charge in [-0.25, -0.2) is 13.4 Å². The monoisotopic (exact) mass is 404 g/mol. The fraction of sp³-hybridized carbons (Fsp3) is 0.263. The quantitative estimate of drug-likeness (QED) is 0.690. The van der Waals surface area contributed by atoms with Crippen molar-refractivity contribution in [1.82, 2.24) is 19.7 Å². The summed E-state index contributed by atoms with van der Waals surface area (Å²) in [7, 11) is -1.87. The molecule has 0 saturated heterocycles. The molecule has 3 aromatic rings. The highest BCUT2D eigenvalue weighted by atomic mass is 35.5. The molecule has 0 aliphatic heterocycles. The molecular formula is C19H21ClN4O2S. The number of hydrogen-bond acceptors (Lipinski definition) is 4. The summed E-state index contributed by atoms with van der Waals surface area (Å²) < 4.78 is 26.7. The molecule has 0 atom stereocenters. The van der Waals surface area contributed by atoms with Crippen LogP contribution in [0.25, 0.3) is 17.0 Å². The average Bonchev–Trinajstić information content (AvgIpc) is 3.22. The standard InChI is InChI=1S/C19H21ClN4O2S/c1-12(2)15-10-17(24(5)23-15)16-11-21-18(22-16)19(3,4)27(25,26)14-8-6-13(20)7-9-14/h6-11H,1H2,2-5H3,(H,21,22). The van der Waals surface area contributed by atoms with Crippen LogP contribution in [0.2, 0.25) is 5.02 Å². The molecule has 27 heavy (non-hydrogen) atoms. The molecule has 1 N–H and O–H groups in total. The van der Waals surface area contributed by atoms with E-state index in [1.54, 1.807) is 36.9 Å². The van der Waals surface area contributed by atoms with Crippen LogP contribution in [-0.4, -0.2) is 28.2 Å². The second kappa shape index (κ2) is 6.65. The zero-order chi connectivity index (χ0) is 20.0. The largest absolute Gasteiger partial charge is 0.339 e. The van der Waals surface area contributed by atoms with Crippen molar-refractivity contribution >= 4 is 27.0 Å². The van der Waals surface area contributed by atoms with Crippen LogP contribution >= 0.6 is 11.6 Å². The van der Waals surface area contributed by atoms with Crippen LogP contribution in [0.3, 0.4) is 0 Å². The first-order valence-corrected chi connectivity index (χ1v) is 10.2. The van der Waals surface area contributed by atoms with Crippen molar-refractivity contribution in [3.63, 3.8) is 0 Å². The van der Waals surface area contributed by atoms with Gasteiger partial charge in [0.25, 0.3) is 0 Å². The summed E-state index contributed by atoms with van der Waals surface area (Å²) >= 11 is 5.88. The summed E-state index contributed by atoms with van der Waals surface area (Å²) in [5.74, 6) is 0.352. The fourth-order valence-corrected chi connectivity index (χ4v) is 4.29. The zero-order valence-electron chi connectivity index (χ0n) is 15.6. The molecule has 0 unspecified atom stereocenters. The molecule has 2 aromatic heterocycles. The van der Waals surface area contributed by atoms with Gasteiger partial charge in [-0.3, -0.25) is 4.68 Å². The van der Waals surface area contributed by atoms with E-state index in [2.05, 4.69) is 21.6 Å². The van der Waals surface area contributed by atoms with E-state index in [1.807, 2.05) is 20.0 Å². The molecule has 2 heterocycles. The summed E-state index contributed by atoms with van der Waals surface area (Å²) in [6.07, 6.45) is 1.62. The van der Waals surface area contributed by atoms with Gasteiger partial charge in [-0.15, -0.1) is 0 Å². The summed E-state index contributed by atoms with van der Waals surface area (Å²) in [6.45, 7) is 9.04. The van der Waals surface area contributed by atoms with Gasteiger partial charge in [0.2, 0.25) is 0 Å². The van der Waals surface area contributed by atoms with Crippen molar-refractivity contribution in [1.29, 1.82) is 0 Å². The number of nitrogens with zero attached hydrogens (tertiary/aromatic N) is 3. The van der Waals surface area contributed by atoms with Gasteiger partial charge in [0.15, 0.2) is 9.84 Å². The minimum atomic E-state index is -3.68. The van der Waals surface area contributed by atoms with Gasteiger partial charge < -0.3 is 4.98 Å². The SMILES string of the molecule is C=C(C)c1cc(-c2cnc(C(C)(C)S(=O)(=O)c3ccc(Cl)cc3)[nH]2)n(C)n1. The van der Waals surface area contributed by atoms with Crippen molar-refractivity contribution in [3.8, 4) is 11.4 Å². The number of H-pyrrole nitrogens is 1. The number of halogens is 1. The predicted molar refractivity (Wildman–Crippen MR) is 107 cm³/mol. The number of allylic oxidation sites excluding steroid dienone is 1. The number of nitrogens with one attached hydrogen (secondary N) is 1. The highest BCUT2D eigenvalue weighted by Crippen LogP contribution is 2.34. The molecule has 0 fully saturated rings. The number of aromatic nitrogens is 4.